The predicted octanol–water partition coefficient (Wildman–Crippen LogP) is 1.01. The molecule has 0 heterocycles. The van der Waals surface area contributed by atoms with E-state index in [1.807, 2.05) is 20.8 Å². The summed E-state index contributed by atoms with van der Waals surface area (Å²) in [4.78, 5) is 0. The molecule has 0 aliphatic heterocycles. The molecule has 0 saturated carbocycles. The summed E-state index contributed by atoms with van der Waals surface area (Å²) >= 11 is 0. The van der Waals surface area contributed by atoms with Gasteiger partial charge in [0.25, 0.3) is 0 Å². The minimum atomic E-state index is -2.51. The van der Waals surface area contributed by atoms with Crippen molar-refractivity contribution in [3.8, 4) is 0 Å². The fourth-order valence-corrected chi connectivity index (χ4v) is 3.78. The first-order valence-electron chi connectivity index (χ1n) is 5.94. The molecule has 0 aromatic heterocycles. The molecule has 2 N–H and O–H groups in total. The minimum absolute atomic E-state index is 0.534. The summed E-state index contributed by atoms with van der Waals surface area (Å²) in [5, 5.41) is 0. The lowest BCUT2D eigenvalue weighted by Crippen LogP contribution is -2.46. The van der Waals surface area contributed by atoms with Crippen LogP contribution in [0.1, 0.15) is 20.8 Å². The second-order valence-corrected chi connectivity index (χ2v) is 5.87. The van der Waals surface area contributed by atoms with Crippen molar-refractivity contribution in [2.75, 3.05) is 39.6 Å². The van der Waals surface area contributed by atoms with Crippen LogP contribution in [0.2, 0.25) is 6.04 Å². The summed E-state index contributed by atoms with van der Waals surface area (Å²) in [5.41, 5.74) is 5.35. The van der Waals surface area contributed by atoms with Crippen molar-refractivity contribution in [3.63, 3.8) is 0 Å². The van der Waals surface area contributed by atoms with Crippen molar-refractivity contribution >= 4 is 8.80 Å². The lowest BCUT2D eigenvalue weighted by molar-refractivity contribution is 0.0587. The smallest absolute Gasteiger partial charge is 0.380 e. The second-order valence-electron chi connectivity index (χ2n) is 3.13. The van der Waals surface area contributed by atoms with E-state index in [0.29, 0.717) is 45.6 Å². The van der Waals surface area contributed by atoms with Gasteiger partial charge in [-0.3, -0.25) is 0 Å². The Balaban J connectivity index is 4.12. The first-order chi connectivity index (χ1) is 7.74. The number of hydrogen-bond acceptors (Lipinski definition) is 5. The second kappa shape index (κ2) is 10.2. The van der Waals surface area contributed by atoms with Crippen LogP contribution in [0.3, 0.4) is 0 Å². The maximum atomic E-state index is 5.67. The highest BCUT2D eigenvalue weighted by Crippen LogP contribution is 2.15. The largest absolute Gasteiger partial charge is 0.503 e. The van der Waals surface area contributed by atoms with E-state index in [2.05, 4.69) is 0 Å². The van der Waals surface area contributed by atoms with Crippen molar-refractivity contribution in [2.24, 2.45) is 5.73 Å². The molecule has 0 aliphatic rings. The summed E-state index contributed by atoms with van der Waals surface area (Å²) in [6, 6.07) is 0.683. The molecular weight excluding hydrogens is 226 g/mol. The fraction of sp³-hybridized carbons (Fsp3) is 1.00. The third kappa shape index (κ3) is 6.57. The van der Waals surface area contributed by atoms with Gasteiger partial charge in [-0.05, 0) is 20.8 Å². The van der Waals surface area contributed by atoms with Gasteiger partial charge in [-0.2, -0.15) is 0 Å². The van der Waals surface area contributed by atoms with Crippen molar-refractivity contribution in [1.82, 2.24) is 0 Å². The monoisotopic (exact) mass is 251 g/mol. The van der Waals surface area contributed by atoms with Crippen LogP contribution in [-0.4, -0.2) is 48.4 Å². The molecule has 0 atom stereocenters. The highest BCUT2D eigenvalue weighted by Gasteiger charge is 2.39. The van der Waals surface area contributed by atoms with Crippen molar-refractivity contribution in [1.29, 1.82) is 0 Å². The van der Waals surface area contributed by atoms with E-state index in [1.54, 1.807) is 0 Å². The molecule has 6 heteroatoms. The van der Waals surface area contributed by atoms with Crippen LogP contribution in [0.4, 0.5) is 0 Å². The van der Waals surface area contributed by atoms with Crippen LogP contribution in [-0.2, 0) is 18.0 Å². The molecule has 0 bridgehead atoms. The molecule has 0 rings (SSSR count). The Morgan fingerprint density at radius 1 is 0.875 bits per heavy atom. The lowest BCUT2D eigenvalue weighted by Gasteiger charge is -2.28. The van der Waals surface area contributed by atoms with Gasteiger partial charge in [-0.15, -0.1) is 0 Å². The van der Waals surface area contributed by atoms with Crippen LogP contribution in [0.15, 0.2) is 0 Å². The first kappa shape index (κ1) is 16.0. The van der Waals surface area contributed by atoms with Crippen molar-refractivity contribution in [3.05, 3.63) is 0 Å². The maximum absolute atomic E-state index is 5.67. The number of rotatable bonds is 11. The van der Waals surface area contributed by atoms with Gasteiger partial charge in [0, 0.05) is 32.4 Å². The van der Waals surface area contributed by atoms with Crippen molar-refractivity contribution in [2.45, 2.75) is 26.8 Å². The quantitative estimate of drug-likeness (QED) is 0.438. The zero-order chi connectivity index (χ0) is 12.3. The Morgan fingerprint density at radius 3 is 1.75 bits per heavy atom. The van der Waals surface area contributed by atoms with Crippen LogP contribution in [0, 0.1) is 0 Å². The standard InChI is InChI=1S/C10H25NO4Si/c1-4-13-16(14-5-2,15-6-3)10-9-12-8-7-11/h4-11H2,1-3H3. The molecule has 0 amide bonds. The van der Waals surface area contributed by atoms with E-state index in [0.717, 1.165) is 0 Å². The molecular formula is C10H25NO4Si. The number of ether oxygens (including phenoxy) is 1. The van der Waals surface area contributed by atoms with Crippen LogP contribution in [0.25, 0.3) is 0 Å². The van der Waals surface area contributed by atoms with Gasteiger partial charge in [0.1, 0.15) is 0 Å². The summed E-state index contributed by atoms with van der Waals surface area (Å²) < 4.78 is 22.4. The van der Waals surface area contributed by atoms with Gasteiger partial charge in [-0.1, -0.05) is 0 Å². The van der Waals surface area contributed by atoms with Gasteiger partial charge >= 0.3 is 8.80 Å². The average molecular weight is 251 g/mol. The average Bonchev–Trinajstić information content (AvgIpc) is 2.26. The highest BCUT2D eigenvalue weighted by molar-refractivity contribution is 6.60. The molecule has 0 spiro atoms. The van der Waals surface area contributed by atoms with E-state index < -0.39 is 8.80 Å². The molecule has 0 saturated heterocycles. The molecule has 16 heavy (non-hydrogen) atoms. The lowest BCUT2D eigenvalue weighted by atomic mass is 10.7. The third-order valence-corrected chi connectivity index (χ3v) is 4.91. The van der Waals surface area contributed by atoms with Crippen LogP contribution in [0.5, 0.6) is 0 Å². The van der Waals surface area contributed by atoms with Gasteiger partial charge in [-0.25, -0.2) is 0 Å². The van der Waals surface area contributed by atoms with Gasteiger partial charge in [0.05, 0.1) is 13.2 Å². The van der Waals surface area contributed by atoms with E-state index in [9.17, 15) is 0 Å². The highest BCUT2D eigenvalue weighted by atomic mass is 28.4. The third-order valence-electron chi connectivity index (χ3n) is 1.91. The van der Waals surface area contributed by atoms with E-state index in [4.69, 9.17) is 23.7 Å². The number of hydrogen-bond donors (Lipinski definition) is 1. The van der Waals surface area contributed by atoms with Crippen molar-refractivity contribution < 1.29 is 18.0 Å². The molecule has 5 nitrogen and oxygen atoms in total. The summed E-state index contributed by atoms with van der Waals surface area (Å²) in [7, 11) is -2.51. The predicted molar refractivity (Wildman–Crippen MR) is 65.3 cm³/mol. The molecule has 0 aromatic rings. The normalized spacial score (nSPS) is 12.0. The molecule has 98 valence electrons. The van der Waals surface area contributed by atoms with Gasteiger partial charge in [0.2, 0.25) is 0 Å². The Kier molecular flexibility index (Phi) is 10.2. The van der Waals surface area contributed by atoms with E-state index in [-0.39, 0.29) is 0 Å². The first-order valence-corrected chi connectivity index (χ1v) is 7.87. The molecule has 0 aromatic carbocycles. The van der Waals surface area contributed by atoms with Crippen LogP contribution < -0.4 is 5.73 Å². The SMILES string of the molecule is CCO[Si](CCOCCN)(OCC)OCC. The van der Waals surface area contributed by atoms with E-state index in [1.165, 1.54) is 0 Å². The molecule has 0 unspecified atom stereocenters. The minimum Gasteiger partial charge on any atom is -0.380 e. The number of nitrogens with two attached hydrogens (primary N) is 1. The maximum Gasteiger partial charge on any atom is 0.503 e. The zero-order valence-electron chi connectivity index (χ0n) is 10.7. The summed E-state index contributed by atoms with van der Waals surface area (Å²) in [6.45, 7) is 9.31. The molecule has 0 radical (unpaired) electrons. The molecule has 0 fully saturated rings. The Hall–Kier alpha value is 0.0169. The van der Waals surface area contributed by atoms with Gasteiger partial charge < -0.3 is 23.7 Å². The zero-order valence-corrected chi connectivity index (χ0v) is 11.7. The Morgan fingerprint density at radius 2 is 1.38 bits per heavy atom. The van der Waals surface area contributed by atoms with E-state index >= 15 is 0 Å². The fourth-order valence-electron chi connectivity index (χ4n) is 1.38. The Bertz CT molecular complexity index is 143. The summed E-state index contributed by atoms with van der Waals surface area (Å²) in [6.07, 6.45) is 0. The molecule has 0 aliphatic carbocycles. The van der Waals surface area contributed by atoms with Gasteiger partial charge in [0.15, 0.2) is 0 Å². The summed E-state index contributed by atoms with van der Waals surface area (Å²) in [5.74, 6) is 0. The topological polar surface area (TPSA) is 62.9 Å². The Labute approximate surface area is 99.6 Å². The van der Waals surface area contributed by atoms with Crippen LogP contribution >= 0.6 is 0 Å².